The van der Waals surface area contributed by atoms with Gasteiger partial charge in [0.25, 0.3) is 0 Å². The lowest BCUT2D eigenvalue weighted by atomic mass is 10.1. The summed E-state index contributed by atoms with van der Waals surface area (Å²) >= 11 is 4.24. The van der Waals surface area contributed by atoms with Gasteiger partial charge in [-0.25, -0.2) is 0 Å². The molecule has 14 heavy (non-hydrogen) atoms. The summed E-state index contributed by atoms with van der Waals surface area (Å²) in [5.41, 5.74) is 2.69. The smallest absolute Gasteiger partial charge is 0.0368 e. The topological polar surface area (TPSA) is 3.24 Å². The molecule has 0 saturated carbocycles. The lowest BCUT2D eigenvalue weighted by Crippen LogP contribution is -2.37. The molecule has 2 heteroatoms. The summed E-state index contributed by atoms with van der Waals surface area (Å²) < 4.78 is 0. The Morgan fingerprint density at radius 2 is 1.64 bits per heavy atom. The van der Waals surface area contributed by atoms with Crippen molar-refractivity contribution in [1.29, 1.82) is 0 Å². The molecule has 0 aliphatic carbocycles. The maximum atomic E-state index is 4.24. The SMILES string of the molecule is CN(c1ccc(CS)cc1)C(C)(C)C. The standard InChI is InChI=1S/C12H19NS/c1-12(2,3)13(4)11-7-5-10(9-14)6-8-11/h5-8,14H,9H2,1-4H3. The average Bonchev–Trinajstić information content (AvgIpc) is 2.15. The summed E-state index contributed by atoms with van der Waals surface area (Å²) in [5.74, 6) is 0.805. The largest absolute Gasteiger partial charge is 0.370 e. The second-order valence-corrected chi connectivity index (χ2v) is 4.87. The third-order valence-corrected chi connectivity index (χ3v) is 2.88. The van der Waals surface area contributed by atoms with Crippen LogP contribution in [-0.2, 0) is 5.75 Å². The Morgan fingerprint density at radius 1 is 1.14 bits per heavy atom. The lowest BCUT2D eigenvalue weighted by molar-refractivity contribution is 0.539. The van der Waals surface area contributed by atoms with Gasteiger partial charge in [-0.3, -0.25) is 0 Å². The molecule has 0 aliphatic heterocycles. The predicted octanol–water partition coefficient (Wildman–Crippen LogP) is 3.35. The highest BCUT2D eigenvalue weighted by Crippen LogP contribution is 2.22. The summed E-state index contributed by atoms with van der Waals surface area (Å²) in [7, 11) is 2.12. The highest BCUT2D eigenvalue weighted by Gasteiger charge is 2.16. The first-order valence-electron chi connectivity index (χ1n) is 4.89. The van der Waals surface area contributed by atoms with Crippen LogP contribution < -0.4 is 4.90 Å². The van der Waals surface area contributed by atoms with Crippen molar-refractivity contribution in [2.75, 3.05) is 11.9 Å². The van der Waals surface area contributed by atoms with Crippen molar-refractivity contribution >= 4 is 18.3 Å². The van der Waals surface area contributed by atoms with E-state index in [1.54, 1.807) is 0 Å². The van der Waals surface area contributed by atoms with E-state index < -0.39 is 0 Å². The Kier molecular flexibility index (Phi) is 3.48. The quantitative estimate of drug-likeness (QED) is 0.731. The van der Waals surface area contributed by atoms with Gasteiger partial charge in [0.2, 0.25) is 0 Å². The molecular weight excluding hydrogens is 190 g/mol. The van der Waals surface area contributed by atoms with E-state index >= 15 is 0 Å². The minimum absolute atomic E-state index is 0.169. The molecule has 0 aromatic heterocycles. The molecule has 0 N–H and O–H groups in total. The molecule has 1 nitrogen and oxygen atoms in total. The monoisotopic (exact) mass is 209 g/mol. The molecule has 0 unspecified atom stereocenters. The van der Waals surface area contributed by atoms with Crippen LogP contribution in [0.25, 0.3) is 0 Å². The van der Waals surface area contributed by atoms with E-state index in [9.17, 15) is 0 Å². The minimum atomic E-state index is 0.169. The van der Waals surface area contributed by atoms with Crippen molar-refractivity contribution in [1.82, 2.24) is 0 Å². The molecule has 1 rings (SSSR count). The summed E-state index contributed by atoms with van der Waals surface area (Å²) in [6, 6.07) is 8.56. The van der Waals surface area contributed by atoms with Crippen molar-refractivity contribution in [2.24, 2.45) is 0 Å². The second-order valence-electron chi connectivity index (χ2n) is 4.55. The first-order valence-corrected chi connectivity index (χ1v) is 5.52. The molecule has 0 radical (unpaired) electrons. The Labute approximate surface area is 92.5 Å². The third-order valence-electron chi connectivity index (χ3n) is 2.51. The molecule has 1 aromatic carbocycles. The van der Waals surface area contributed by atoms with Gasteiger partial charge in [-0.2, -0.15) is 12.6 Å². The fraction of sp³-hybridized carbons (Fsp3) is 0.500. The van der Waals surface area contributed by atoms with E-state index in [2.05, 4.69) is 69.6 Å². The van der Waals surface area contributed by atoms with Crippen molar-refractivity contribution < 1.29 is 0 Å². The predicted molar refractivity (Wildman–Crippen MR) is 67.3 cm³/mol. The van der Waals surface area contributed by atoms with Gasteiger partial charge < -0.3 is 4.90 Å². The number of hydrogen-bond acceptors (Lipinski definition) is 2. The Morgan fingerprint density at radius 3 is 2.00 bits per heavy atom. The minimum Gasteiger partial charge on any atom is -0.370 e. The van der Waals surface area contributed by atoms with Crippen molar-refractivity contribution in [3.63, 3.8) is 0 Å². The van der Waals surface area contributed by atoms with Crippen LogP contribution in [0.3, 0.4) is 0 Å². The normalized spacial score (nSPS) is 11.5. The molecular formula is C12H19NS. The maximum absolute atomic E-state index is 4.24. The molecule has 78 valence electrons. The van der Waals surface area contributed by atoms with Gasteiger partial charge in [0.15, 0.2) is 0 Å². The maximum Gasteiger partial charge on any atom is 0.0368 e. The molecule has 0 spiro atoms. The van der Waals surface area contributed by atoms with Crippen LogP contribution in [0, 0.1) is 0 Å². The lowest BCUT2D eigenvalue weighted by Gasteiger charge is -2.34. The van der Waals surface area contributed by atoms with Crippen LogP contribution in [0.1, 0.15) is 26.3 Å². The first kappa shape index (κ1) is 11.4. The summed E-state index contributed by atoms with van der Waals surface area (Å²) in [4.78, 5) is 2.27. The van der Waals surface area contributed by atoms with Gasteiger partial charge in [-0.05, 0) is 38.5 Å². The molecule has 0 amide bonds. The van der Waals surface area contributed by atoms with E-state index in [4.69, 9.17) is 0 Å². The van der Waals surface area contributed by atoms with Gasteiger partial charge in [-0.1, -0.05) is 12.1 Å². The number of anilines is 1. The zero-order valence-electron chi connectivity index (χ0n) is 9.41. The van der Waals surface area contributed by atoms with Crippen molar-refractivity contribution in [3.05, 3.63) is 29.8 Å². The average molecular weight is 209 g/mol. The summed E-state index contributed by atoms with van der Waals surface area (Å²) in [6.07, 6.45) is 0. The van der Waals surface area contributed by atoms with Gasteiger partial charge in [0.05, 0.1) is 0 Å². The van der Waals surface area contributed by atoms with Crippen LogP contribution in [0.5, 0.6) is 0 Å². The molecule has 0 fully saturated rings. The fourth-order valence-corrected chi connectivity index (χ4v) is 1.42. The molecule has 0 saturated heterocycles. The van der Waals surface area contributed by atoms with Gasteiger partial charge in [0, 0.05) is 24.0 Å². The van der Waals surface area contributed by atoms with Crippen LogP contribution >= 0.6 is 12.6 Å². The molecule has 1 aromatic rings. The van der Waals surface area contributed by atoms with E-state index in [1.807, 2.05) is 0 Å². The summed E-state index contributed by atoms with van der Waals surface area (Å²) in [5, 5.41) is 0. The second kappa shape index (κ2) is 4.26. The van der Waals surface area contributed by atoms with E-state index in [1.165, 1.54) is 11.3 Å². The number of benzene rings is 1. The van der Waals surface area contributed by atoms with Crippen LogP contribution in [0.15, 0.2) is 24.3 Å². The highest BCUT2D eigenvalue weighted by atomic mass is 32.1. The molecule has 0 aliphatic rings. The molecule has 0 atom stereocenters. The zero-order valence-corrected chi connectivity index (χ0v) is 10.3. The highest BCUT2D eigenvalue weighted by molar-refractivity contribution is 7.79. The van der Waals surface area contributed by atoms with Crippen molar-refractivity contribution in [2.45, 2.75) is 32.1 Å². The van der Waals surface area contributed by atoms with E-state index in [0.717, 1.165) is 5.75 Å². The Hall–Kier alpha value is -0.630. The van der Waals surface area contributed by atoms with Gasteiger partial charge in [0.1, 0.15) is 0 Å². The number of rotatable bonds is 2. The van der Waals surface area contributed by atoms with Crippen LogP contribution in [-0.4, -0.2) is 12.6 Å². The first-order chi connectivity index (χ1) is 6.45. The van der Waals surface area contributed by atoms with Crippen LogP contribution in [0.2, 0.25) is 0 Å². The third kappa shape index (κ3) is 2.68. The Bertz CT molecular complexity index is 284. The molecule has 0 bridgehead atoms. The number of nitrogens with zero attached hydrogens (tertiary/aromatic N) is 1. The number of hydrogen-bond donors (Lipinski definition) is 1. The van der Waals surface area contributed by atoms with Gasteiger partial charge in [-0.15, -0.1) is 0 Å². The van der Waals surface area contributed by atoms with Gasteiger partial charge >= 0.3 is 0 Å². The zero-order chi connectivity index (χ0) is 10.8. The number of thiol groups is 1. The van der Waals surface area contributed by atoms with Crippen molar-refractivity contribution in [3.8, 4) is 0 Å². The van der Waals surface area contributed by atoms with E-state index in [-0.39, 0.29) is 5.54 Å². The van der Waals surface area contributed by atoms with Crippen LogP contribution in [0.4, 0.5) is 5.69 Å². The fourth-order valence-electron chi connectivity index (χ4n) is 1.21. The molecule has 0 heterocycles. The van der Waals surface area contributed by atoms with E-state index in [0.29, 0.717) is 0 Å². The Balaban J connectivity index is 2.87. The summed E-state index contributed by atoms with van der Waals surface area (Å²) in [6.45, 7) is 6.62.